The second-order valence-corrected chi connectivity index (χ2v) is 8.23. The molecule has 1 aromatic carbocycles. The lowest BCUT2D eigenvalue weighted by Crippen LogP contribution is -2.46. The molecule has 2 aromatic heterocycles. The van der Waals surface area contributed by atoms with Crippen LogP contribution in [0, 0.1) is 0 Å². The Morgan fingerprint density at radius 1 is 1.06 bits per heavy atom. The fourth-order valence-corrected chi connectivity index (χ4v) is 4.67. The van der Waals surface area contributed by atoms with Crippen molar-refractivity contribution in [1.82, 2.24) is 25.2 Å². The molecule has 3 aromatic rings. The number of benzene rings is 1. The SMILES string of the molecule is CN=C(NCc1nnc2ccccn12)NCC1(c2ccc3c(c2)OCO3)CCCCC1. The number of aliphatic imine (C=N–C) groups is 1. The number of hydrogen-bond acceptors (Lipinski definition) is 5. The van der Waals surface area contributed by atoms with Gasteiger partial charge in [0.1, 0.15) is 0 Å². The molecule has 2 aliphatic rings. The normalized spacial score (nSPS) is 17.6. The van der Waals surface area contributed by atoms with E-state index in [0.29, 0.717) is 13.3 Å². The Hall–Kier alpha value is -3.29. The number of rotatable bonds is 5. The Bertz CT molecular complexity index is 1090. The number of hydrogen-bond donors (Lipinski definition) is 2. The zero-order valence-electron chi connectivity index (χ0n) is 17.8. The third-order valence-corrected chi connectivity index (χ3v) is 6.41. The maximum absolute atomic E-state index is 5.64. The predicted molar refractivity (Wildman–Crippen MR) is 119 cm³/mol. The van der Waals surface area contributed by atoms with Gasteiger partial charge in [0.25, 0.3) is 0 Å². The first-order valence-electron chi connectivity index (χ1n) is 10.9. The molecular weight excluding hydrogens is 392 g/mol. The van der Waals surface area contributed by atoms with Crippen LogP contribution in [0.4, 0.5) is 0 Å². The van der Waals surface area contributed by atoms with Crippen molar-refractivity contribution in [3.63, 3.8) is 0 Å². The smallest absolute Gasteiger partial charge is 0.231 e. The lowest BCUT2D eigenvalue weighted by atomic mass is 9.69. The van der Waals surface area contributed by atoms with Gasteiger partial charge in [-0.3, -0.25) is 9.39 Å². The van der Waals surface area contributed by atoms with Crippen LogP contribution >= 0.6 is 0 Å². The van der Waals surface area contributed by atoms with E-state index in [1.54, 1.807) is 7.05 Å². The fraction of sp³-hybridized carbons (Fsp3) is 0.435. The Balaban J connectivity index is 1.29. The Morgan fingerprint density at radius 2 is 1.94 bits per heavy atom. The van der Waals surface area contributed by atoms with Crippen LogP contribution in [0.5, 0.6) is 11.5 Å². The van der Waals surface area contributed by atoms with E-state index in [-0.39, 0.29) is 5.41 Å². The average molecular weight is 421 g/mol. The summed E-state index contributed by atoms with van der Waals surface area (Å²) >= 11 is 0. The van der Waals surface area contributed by atoms with Gasteiger partial charge in [0.2, 0.25) is 6.79 Å². The highest BCUT2D eigenvalue weighted by Gasteiger charge is 2.35. The van der Waals surface area contributed by atoms with Crippen molar-refractivity contribution in [3.05, 3.63) is 54.0 Å². The third-order valence-electron chi connectivity index (χ3n) is 6.41. The van der Waals surface area contributed by atoms with Crippen LogP contribution in [0.1, 0.15) is 43.5 Å². The van der Waals surface area contributed by atoms with Crippen molar-refractivity contribution in [3.8, 4) is 11.5 Å². The summed E-state index contributed by atoms with van der Waals surface area (Å²) < 4.78 is 13.1. The topological polar surface area (TPSA) is 85.1 Å². The molecule has 1 aliphatic carbocycles. The zero-order chi connectivity index (χ0) is 21.1. The molecule has 8 heteroatoms. The van der Waals surface area contributed by atoms with Crippen LogP contribution in [-0.4, -0.2) is 40.9 Å². The van der Waals surface area contributed by atoms with E-state index >= 15 is 0 Å². The highest BCUT2D eigenvalue weighted by atomic mass is 16.7. The molecule has 162 valence electrons. The molecule has 0 spiro atoms. The van der Waals surface area contributed by atoms with Crippen molar-refractivity contribution in [2.45, 2.75) is 44.1 Å². The molecule has 0 atom stereocenters. The van der Waals surface area contributed by atoms with Gasteiger partial charge in [-0.15, -0.1) is 10.2 Å². The van der Waals surface area contributed by atoms with E-state index in [1.807, 2.05) is 34.9 Å². The van der Waals surface area contributed by atoms with Crippen molar-refractivity contribution in [1.29, 1.82) is 0 Å². The van der Waals surface area contributed by atoms with Crippen LogP contribution in [0.3, 0.4) is 0 Å². The van der Waals surface area contributed by atoms with Crippen molar-refractivity contribution >= 4 is 11.6 Å². The second-order valence-electron chi connectivity index (χ2n) is 8.23. The quantitative estimate of drug-likeness (QED) is 0.488. The van der Waals surface area contributed by atoms with Crippen LogP contribution in [0.15, 0.2) is 47.6 Å². The van der Waals surface area contributed by atoms with Gasteiger partial charge in [-0.1, -0.05) is 31.4 Å². The number of guanidine groups is 1. The summed E-state index contributed by atoms with van der Waals surface area (Å²) in [5.74, 6) is 3.30. The molecule has 0 amide bonds. The zero-order valence-corrected chi connectivity index (χ0v) is 17.8. The maximum Gasteiger partial charge on any atom is 0.231 e. The maximum atomic E-state index is 5.64. The van der Waals surface area contributed by atoms with E-state index in [2.05, 4.69) is 38.0 Å². The van der Waals surface area contributed by atoms with Gasteiger partial charge in [0, 0.05) is 25.2 Å². The number of fused-ring (bicyclic) bond motifs is 2. The first-order chi connectivity index (χ1) is 15.3. The molecule has 5 rings (SSSR count). The Labute approximate surface area is 181 Å². The number of nitrogens with one attached hydrogen (secondary N) is 2. The minimum Gasteiger partial charge on any atom is -0.454 e. The summed E-state index contributed by atoms with van der Waals surface area (Å²) in [6.45, 7) is 1.66. The highest BCUT2D eigenvalue weighted by molar-refractivity contribution is 5.79. The number of nitrogens with zero attached hydrogens (tertiary/aromatic N) is 4. The summed E-state index contributed by atoms with van der Waals surface area (Å²) in [6, 6.07) is 12.3. The van der Waals surface area contributed by atoms with Crippen molar-refractivity contribution in [2.75, 3.05) is 20.4 Å². The fourth-order valence-electron chi connectivity index (χ4n) is 4.67. The van der Waals surface area contributed by atoms with Gasteiger partial charge in [-0.2, -0.15) is 0 Å². The molecule has 0 bridgehead atoms. The Kier molecular flexibility index (Phi) is 5.36. The molecule has 1 saturated carbocycles. The molecule has 1 aliphatic heterocycles. The lowest BCUT2D eigenvalue weighted by Gasteiger charge is -2.38. The second kappa shape index (κ2) is 8.45. The average Bonchev–Trinajstić information content (AvgIpc) is 3.46. The van der Waals surface area contributed by atoms with Crippen LogP contribution in [0.2, 0.25) is 0 Å². The van der Waals surface area contributed by atoms with Gasteiger partial charge >= 0.3 is 0 Å². The van der Waals surface area contributed by atoms with E-state index < -0.39 is 0 Å². The number of ether oxygens (including phenoxy) is 2. The van der Waals surface area contributed by atoms with E-state index in [9.17, 15) is 0 Å². The highest BCUT2D eigenvalue weighted by Crippen LogP contribution is 2.43. The van der Waals surface area contributed by atoms with Crippen molar-refractivity contribution in [2.24, 2.45) is 4.99 Å². The molecule has 0 radical (unpaired) electrons. The predicted octanol–water partition coefficient (Wildman–Crippen LogP) is 3.03. The summed E-state index contributed by atoms with van der Waals surface area (Å²) in [5, 5.41) is 15.5. The van der Waals surface area contributed by atoms with Crippen LogP contribution in [-0.2, 0) is 12.0 Å². The Morgan fingerprint density at radius 3 is 2.81 bits per heavy atom. The lowest BCUT2D eigenvalue weighted by molar-refractivity contribution is 0.174. The van der Waals surface area contributed by atoms with Crippen LogP contribution < -0.4 is 20.1 Å². The van der Waals surface area contributed by atoms with Crippen LogP contribution in [0.25, 0.3) is 5.65 Å². The standard InChI is InChI=1S/C23H28N6O2/c1-24-22(25-14-21-28-27-20-7-3-6-12-29(20)21)26-15-23(10-4-2-5-11-23)17-8-9-18-19(13-17)31-16-30-18/h3,6-9,12-13H,2,4-5,10-11,14-16H2,1H3,(H2,24,25,26). The summed E-state index contributed by atoms with van der Waals surface area (Å²) in [5.41, 5.74) is 2.20. The van der Waals surface area contributed by atoms with Gasteiger partial charge < -0.3 is 20.1 Å². The number of aromatic nitrogens is 3. The van der Waals surface area contributed by atoms with E-state index in [4.69, 9.17) is 9.47 Å². The van der Waals surface area contributed by atoms with Gasteiger partial charge in [-0.05, 0) is 42.7 Å². The summed E-state index contributed by atoms with van der Waals surface area (Å²) in [4.78, 5) is 4.43. The molecule has 3 heterocycles. The first kappa shape index (κ1) is 19.7. The molecule has 0 saturated heterocycles. The largest absolute Gasteiger partial charge is 0.454 e. The molecule has 31 heavy (non-hydrogen) atoms. The monoisotopic (exact) mass is 420 g/mol. The molecule has 1 fully saturated rings. The summed E-state index contributed by atoms with van der Waals surface area (Å²) in [7, 11) is 1.80. The summed E-state index contributed by atoms with van der Waals surface area (Å²) in [6.07, 6.45) is 8.01. The molecule has 2 N–H and O–H groups in total. The number of pyridine rings is 1. The first-order valence-corrected chi connectivity index (χ1v) is 10.9. The van der Waals surface area contributed by atoms with Gasteiger partial charge in [0.05, 0.1) is 6.54 Å². The van der Waals surface area contributed by atoms with E-state index in [0.717, 1.165) is 48.3 Å². The van der Waals surface area contributed by atoms with Gasteiger partial charge in [-0.25, -0.2) is 0 Å². The molecule has 0 unspecified atom stereocenters. The van der Waals surface area contributed by atoms with E-state index in [1.165, 1.54) is 24.8 Å². The third kappa shape index (κ3) is 3.89. The molecular formula is C23H28N6O2. The minimum atomic E-state index is 0.0540. The molecule has 8 nitrogen and oxygen atoms in total. The van der Waals surface area contributed by atoms with Gasteiger partial charge in [0.15, 0.2) is 28.9 Å². The minimum absolute atomic E-state index is 0.0540. The van der Waals surface area contributed by atoms with Crippen molar-refractivity contribution < 1.29 is 9.47 Å².